The minimum Gasteiger partial charge on any atom is -0.495 e. The van der Waals surface area contributed by atoms with Crippen molar-refractivity contribution in [2.45, 2.75) is 26.2 Å². The van der Waals surface area contributed by atoms with Crippen molar-refractivity contribution in [1.29, 1.82) is 0 Å². The fourth-order valence-electron chi connectivity index (χ4n) is 3.41. The summed E-state index contributed by atoms with van der Waals surface area (Å²) < 4.78 is 5.43. The molecular weight excluding hydrogens is 318 g/mol. The Hall–Kier alpha value is -2.24. The highest BCUT2D eigenvalue weighted by Crippen LogP contribution is 2.47. The van der Waals surface area contributed by atoms with E-state index in [2.05, 4.69) is 10.2 Å². The predicted octanol–water partition coefficient (Wildman–Crippen LogP) is 1.65. The summed E-state index contributed by atoms with van der Waals surface area (Å²) in [6.07, 6.45) is 2.23. The molecule has 1 N–H and O–H groups in total. The molecule has 0 radical (unpaired) electrons. The van der Waals surface area contributed by atoms with Gasteiger partial charge >= 0.3 is 0 Å². The second kappa shape index (κ2) is 7.33. The molecule has 136 valence electrons. The van der Waals surface area contributed by atoms with Gasteiger partial charge in [-0.15, -0.1) is 0 Å². The van der Waals surface area contributed by atoms with Crippen molar-refractivity contribution in [3.05, 3.63) is 24.3 Å². The fourth-order valence-corrected chi connectivity index (χ4v) is 3.41. The van der Waals surface area contributed by atoms with Gasteiger partial charge in [-0.3, -0.25) is 9.59 Å². The van der Waals surface area contributed by atoms with Gasteiger partial charge in [0.25, 0.3) is 0 Å². The lowest BCUT2D eigenvalue weighted by Crippen LogP contribution is -2.53. The van der Waals surface area contributed by atoms with Crippen molar-refractivity contribution in [3.63, 3.8) is 0 Å². The number of carbonyl (C=O) groups excluding carboxylic acids is 2. The van der Waals surface area contributed by atoms with Crippen LogP contribution in [0.15, 0.2) is 24.3 Å². The number of piperazine rings is 1. The van der Waals surface area contributed by atoms with E-state index in [4.69, 9.17) is 4.74 Å². The molecule has 6 nitrogen and oxygen atoms in total. The Balaban J connectivity index is 1.61. The number of nitrogens with zero attached hydrogens (tertiary/aromatic N) is 2. The summed E-state index contributed by atoms with van der Waals surface area (Å²) in [7, 11) is 1.67. The van der Waals surface area contributed by atoms with E-state index in [1.165, 1.54) is 0 Å². The average Bonchev–Trinajstić information content (AvgIpc) is 3.47. The van der Waals surface area contributed by atoms with Gasteiger partial charge in [0, 0.05) is 32.7 Å². The third-order valence-electron chi connectivity index (χ3n) is 5.12. The number of para-hydroxylation sites is 2. The maximum Gasteiger partial charge on any atom is 0.238 e. The molecule has 2 amide bonds. The molecule has 1 aliphatic carbocycles. The molecule has 1 aromatic carbocycles. The Bertz CT molecular complexity index is 635. The minimum absolute atomic E-state index is 0.000722. The molecule has 2 fully saturated rings. The summed E-state index contributed by atoms with van der Waals surface area (Å²) in [5.41, 5.74) is 0.265. The van der Waals surface area contributed by atoms with Gasteiger partial charge in [0.2, 0.25) is 11.8 Å². The molecule has 0 aromatic heterocycles. The molecule has 0 atom stereocenters. The van der Waals surface area contributed by atoms with Crippen molar-refractivity contribution < 1.29 is 14.3 Å². The van der Waals surface area contributed by atoms with E-state index in [-0.39, 0.29) is 11.8 Å². The number of ether oxygens (including phenoxy) is 1. The zero-order valence-electron chi connectivity index (χ0n) is 15.1. The molecule has 6 heteroatoms. The summed E-state index contributed by atoms with van der Waals surface area (Å²) in [4.78, 5) is 29.3. The van der Waals surface area contributed by atoms with Crippen LogP contribution in [0.2, 0.25) is 0 Å². The van der Waals surface area contributed by atoms with E-state index in [9.17, 15) is 9.59 Å². The van der Waals surface area contributed by atoms with Gasteiger partial charge in [0.15, 0.2) is 0 Å². The maximum absolute atomic E-state index is 12.9. The molecule has 0 bridgehead atoms. The highest BCUT2D eigenvalue weighted by Gasteiger charge is 2.58. The van der Waals surface area contributed by atoms with Gasteiger partial charge in [0.1, 0.15) is 11.2 Å². The molecule has 1 aliphatic heterocycles. The normalized spacial score (nSPS) is 18.6. The van der Waals surface area contributed by atoms with Crippen LogP contribution in [-0.2, 0) is 9.59 Å². The zero-order chi connectivity index (χ0) is 17.9. The molecule has 1 saturated carbocycles. The van der Waals surface area contributed by atoms with Gasteiger partial charge in [0.05, 0.1) is 12.8 Å². The monoisotopic (exact) mass is 345 g/mol. The number of rotatable bonds is 6. The fraction of sp³-hybridized carbons (Fsp3) is 0.579. The number of methoxy groups -OCH3 is 1. The number of amides is 2. The van der Waals surface area contributed by atoms with Crippen LogP contribution in [0.1, 0.15) is 26.2 Å². The quantitative estimate of drug-likeness (QED) is 0.797. The highest BCUT2D eigenvalue weighted by atomic mass is 16.5. The van der Waals surface area contributed by atoms with Crippen molar-refractivity contribution in [2.75, 3.05) is 44.7 Å². The molecule has 2 aliphatic rings. The predicted molar refractivity (Wildman–Crippen MR) is 96.8 cm³/mol. The summed E-state index contributed by atoms with van der Waals surface area (Å²) in [6, 6.07) is 7.93. The Kier molecular flexibility index (Phi) is 5.16. The molecule has 1 heterocycles. The summed E-state index contributed by atoms with van der Waals surface area (Å²) in [5, 5.41) is 2.89. The first kappa shape index (κ1) is 17.6. The third-order valence-corrected chi connectivity index (χ3v) is 5.12. The standard InChI is InChI=1S/C19H27N3O3/c1-3-10-20-17(23)19(8-9-19)18(24)22-13-11-21(12-14-22)15-6-4-5-7-16(15)25-2/h4-7H,3,8-14H2,1-2H3,(H,20,23). The lowest BCUT2D eigenvalue weighted by molar-refractivity contribution is -0.144. The second-order valence-corrected chi connectivity index (χ2v) is 6.79. The first-order chi connectivity index (χ1) is 12.1. The van der Waals surface area contributed by atoms with Crippen molar-refractivity contribution in [2.24, 2.45) is 5.41 Å². The summed E-state index contributed by atoms with van der Waals surface area (Å²) >= 11 is 0. The smallest absolute Gasteiger partial charge is 0.238 e. The van der Waals surface area contributed by atoms with E-state index in [1.54, 1.807) is 7.11 Å². The van der Waals surface area contributed by atoms with Gasteiger partial charge in [-0.2, -0.15) is 0 Å². The van der Waals surface area contributed by atoms with Crippen LogP contribution in [0, 0.1) is 5.41 Å². The SMILES string of the molecule is CCCNC(=O)C1(C(=O)N2CCN(c3ccccc3OC)CC2)CC1. The van der Waals surface area contributed by atoms with Crippen LogP contribution in [0.3, 0.4) is 0 Å². The molecular formula is C19H27N3O3. The number of anilines is 1. The third kappa shape index (κ3) is 3.43. The van der Waals surface area contributed by atoms with Gasteiger partial charge in [-0.05, 0) is 31.4 Å². The largest absolute Gasteiger partial charge is 0.495 e. The first-order valence-corrected chi connectivity index (χ1v) is 9.08. The number of benzene rings is 1. The van der Waals surface area contributed by atoms with Crippen LogP contribution >= 0.6 is 0 Å². The molecule has 1 aromatic rings. The second-order valence-electron chi connectivity index (χ2n) is 6.79. The molecule has 25 heavy (non-hydrogen) atoms. The Morgan fingerprint density at radius 2 is 1.84 bits per heavy atom. The van der Waals surface area contributed by atoms with E-state index >= 15 is 0 Å². The van der Waals surface area contributed by atoms with E-state index in [0.717, 1.165) is 30.9 Å². The Labute approximate surface area is 149 Å². The van der Waals surface area contributed by atoms with Crippen LogP contribution in [0.25, 0.3) is 0 Å². The number of nitrogens with one attached hydrogen (secondary N) is 1. The molecule has 0 unspecified atom stereocenters. The van der Waals surface area contributed by atoms with E-state index < -0.39 is 5.41 Å². The summed E-state index contributed by atoms with van der Waals surface area (Å²) in [6.45, 7) is 5.42. The first-order valence-electron chi connectivity index (χ1n) is 9.08. The maximum atomic E-state index is 12.9. The molecule has 1 saturated heterocycles. The number of carbonyl (C=O) groups is 2. The van der Waals surface area contributed by atoms with Crippen LogP contribution in [-0.4, -0.2) is 56.5 Å². The minimum atomic E-state index is -0.790. The lowest BCUT2D eigenvalue weighted by Gasteiger charge is -2.38. The summed E-state index contributed by atoms with van der Waals surface area (Å²) in [5.74, 6) is 0.757. The van der Waals surface area contributed by atoms with Crippen molar-refractivity contribution in [1.82, 2.24) is 10.2 Å². The zero-order valence-corrected chi connectivity index (χ0v) is 15.1. The van der Waals surface area contributed by atoms with Crippen molar-refractivity contribution in [3.8, 4) is 5.75 Å². The van der Waals surface area contributed by atoms with Gasteiger partial charge in [-0.25, -0.2) is 0 Å². The highest BCUT2D eigenvalue weighted by molar-refractivity contribution is 6.07. The van der Waals surface area contributed by atoms with Crippen LogP contribution < -0.4 is 15.0 Å². The van der Waals surface area contributed by atoms with Crippen molar-refractivity contribution >= 4 is 17.5 Å². The Morgan fingerprint density at radius 3 is 2.44 bits per heavy atom. The number of hydrogen-bond donors (Lipinski definition) is 1. The number of hydrogen-bond acceptors (Lipinski definition) is 4. The van der Waals surface area contributed by atoms with E-state index in [1.807, 2.05) is 36.1 Å². The van der Waals surface area contributed by atoms with Crippen LogP contribution in [0.5, 0.6) is 5.75 Å². The molecule has 0 spiro atoms. The average molecular weight is 345 g/mol. The van der Waals surface area contributed by atoms with Crippen LogP contribution in [0.4, 0.5) is 5.69 Å². The van der Waals surface area contributed by atoms with Gasteiger partial charge < -0.3 is 19.9 Å². The lowest BCUT2D eigenvalue weighted by atomic mass is 10.0. The topological polar surface area (TPSA) is 61.9 Å². The van der Waals surface area contributed by atoms with E-state index in [0.29, 0.717) is 32.5 Å². The molecule has 3 rings (SSSR count). The Morgan fingerprint density at radius 1 is 1.16 bits per heavy atom. The van der Waals surface area contributed by atoms with Gasteiger partial charge in [-0.1, -0.05) is 19.1 Å².